The van der Waals surface area contributed by atoms with Crippen LogP contribution in [-0.2, 0) is 23.7 Å². The van der Waals surface area contributed by atoms with Crippen LogP contribution in [0.1, 0.15) is 33.1 Å². The van der Waals surface area contributed by atoms with Gasteiger partial charge in [0.2, 0.25) is 0 Å². The number of aliphatic hydroxyl groups is 7. The summed E-state index contributed by atoms with van der Waals surface area (Å²) in [5.74, 6) is -1.72. The predicted octanol–water partition coefficient (Wildman–Crippen LogP) is -6.33. The fourth-order valence-corrected chi connectivity index (χ4v) is 6.55. The number of aliphatic hydroxyl groups excluding tert-OH is 5. The molecule has 2 saturated carbocycles. The number of guanidine groups is 1. The Labute approximate surface area is 260 Å². The molecule has 45 heavy (non-hydrogen) atoms. The fourth-order valence-electron chi connectivity index (χ4n) is 6.55. The van der Waals surface area contributed by atoms with E-state index in [1.807, 2.05) is 6.92 Å². The maximum Gasteiger partial charge on any atom is 0.187 e. The molecule has 18 nitrogen and oxygen atoms in total. The Hall–Kier alpha value is -1.62. The molecule has 2 aliphatic carbocycles. The van der Waals surface area contributed by atoms with Crippen LogP contribution >= 0.6 is 0 Å². The second kappa shape index (κ2) is 14.2. The lowest BCUT2D eigenvalue weighted by atomic mass is 9.76. The monoisotopic (exact) mass is 650 g/mol. The minimum absolute atomic E-state index is 0.00480. The summed E-state index contributed by atoms with van der Waals surface area (Å²) in [4.78, 5) is 17.1. The predicted molar refractivity (Wildman–Crippen MR) is 155 cm³/mol. The number of ketones is 1. The highest BCUT2D eigenvalue weighted by molar-refractivity contribution is 5.92. The number of nitrogens with one attached hydrogen (secondary N) is 2. The Morgan fingerprint density at radius 3 is 2.29 bits per heavy atom. The second-order valence-electron chi connectivity index (χ2n) is 12.8. The van der Waals surface area contributed by atoms with Gasteiger partial charge in [-0.05, 0) is 32.9 Å². The van der Waals surface area contributed by atoms with E-state index in [0.717, 1.165) is 0 Å². The third-order valence-electron chi connectivity index (χ3n) is 9.25. The SMILES string of the molecule is CCNC[C@H]1O[C@H](OC2[C@@H](N)C[C@@H](CC(=O)C3(O)CC3N=C(N)N)[C@H](O[C@H]3OC[C@](C)(O)[C@H](NC)[C@H]3O)[C@H]2O)[C@H](O)[C@@H](O)[C@@H]1O. The lowest BCUT2D eigenvalue weighted by molar-refractivity contribution is -0.333. The largest absolute Gasteiger partial charge is 0.388 e. The molecule has 2 heterocycles. The number of carbonyl (C=O) groups excluding carboxylic acids is 1. The molecule has 0 bridgehead atoms. The molecule has 260 valence electrons. The van der Waals surface area contributed by atoms with Gasteiger partial charge in [0.15, 0.2) is 24.3 Å². The van der Waals surface area contributed by atoms with Crippen LogP contribution in [0.3, 0.4) is 0 Å². The number of rotatable bonds is 12. The number of hydrogen-bond donors (Lipinski definition) is 12. The van der Waals surface area contributed by atoms with Crippen LogP contribution in [0.2, 0.25) is 0 Å². The van der Waals surface area contributed by atoms with Crippen molar-refractivity contribution in [2.45, 2.75) is 124 Å². The maximum absolute atomic E-state index is 13.3. The lowest BCUT2D eigenvalue weighted by Gasteiger charge is -2.49. The Kier molecular flexibility index (Phi) is 11.5. The minimum atomic E-state index is -1.81. The molecule has 2 aliphatic heterocycles. The zero-order valence-corrected chi connectivity index (χ0v) is 25.7. The Morgan fingerprint density at radius 2 is 1.67 bits per heavy atom. The molecule has 0 aromatic carbocycles. The summed E-state index contributed by atoms with van der Waals surface area (Å²) < 4.78 is 23.4. The molecule has 0 aromatic rings. The molecule has 2 saturated heterocycles. The Morgan fingerprint density at radius 1 is 1.00 bits per heavy atom. The van der Waals surface area contributed by atoms with Gasteiger partial charge in [0, 0.05) is 25.4 Å². The molecule has 0 amide bonds. The molecule has 0 radical (unpaired) electrons. The first kappa shape index (κ1) is 36.2. The van der Waals surface area contributed by atoms with Gasteiger partial charge in [-0.2, -0.15) is 0 Å². The van der Waals surface area contributed by atoms with Gasteiger partial charge in [-0.15, -0.1) is 0 Å². The van der Waals surface area contributed by atoms with E-state index in [9.17, 15) is 40.5 Å². The van der Waals surface area contributed by atoms with Crippen LogP contribution in [0.5, 0.6) is 0 Å². The lowest BCUT2D eigenvalue weighted by Crippen LogP contribution is -2.67. The van der Waals surface area contributed by atoms with Crippen LogP contribution in [-0.4, -0.2) is 165 Å². The average molecular weight is 651 g/mol. The van der Waals surface area contributed by atoms with E-state index in [-0.39, 0.29) is 38.4 Å². The van der Waals surface area contributed by atoms with Gasteiger partial charge in [0.1, 0.15) is 53.9 Å². The standard InChI is InChI=1S/C27H50N6O12/c1-4-32-8-12-15(35)16(36)17(37)24(43-12)45-21-11(28)5-10(6-14(34)27(41)7-13(27)33-25(29)30)20(18(21)38)44-23-19(39)22(31-3)26(2,40)9-42-23/h10-13,15-24,31-32,35-41H,4-9,28H2,1-3H3,(H4,29,30,33)/t10-,11-,12+,13?,15+,16-,17+,18+,19+,20-,21?,22+,23+,24+,26-,27?/m0/s1. The Balaban J connectivity index is 1.56. The van der Waals surface area contributed by atoms with Crippen molar-refractivity contribution in [3.8, 4) is 0 Å². The van der Waals surface area contributed by atoms with Crippen molar-refractivity contribution in [1.82, 2.24) is 10.6 Å². The van der Waals surface area contributed by atoms with Crippen LogP contribution in [0.4, 0.5) is 0 Å². The van der Waals surface area contributed by atoms with Gasteiger partial charge >= 0.3 is 0 Å². The van der Waals surface area contributed by atoms with E-state index in [0.29, 0.717) is 6.54 Å². The van der Waals surface area contributed by atoms with E-state index < -0.39 is 102 Å². The first-order valence-electron chi connectivity index (χ1n) is 15.2. The first-order chi connectivity index (χ1) is 21.0. The summed E-state index contributed by atoms with van der Waals surface area (Å²) in [5.41, 5.74) is 14.0. The summed E-state index contributed by atoms with van der Waals surface area (Å²) in [7, 11) is 1.54. The van der Waals surface area contributed by atoms with Crippen molar-refractivity contribution in [3.63, 3.8) is 0 Å². The highest BCUT2D eigenvalue weighted by Crippen LogP contribution is 2.43. The van der Waals surface area contributed by atoms with Gasteiger partial charge in [-0.3, -0.25) is 4.79 Å². The quantitative estimate of drug-likeness (QED) is 0.0690. The Bertz CT molecular complexity index is 1050. The zero-order chi connectivity index (χ0) is 33.4. The summed E-state index contributed by atoms with van der Waals surface area (Å²) in [6.45, 7) is 3.75. The van der Waals surface area contributed by atoms with E-state index in [1.165, 1.54) is 14.0 Å². The van der Waals surface area contributed by atoms with Gasteiger partial charge in [0.25, 0.3) is 0 Å². The molecular weight excluding hydrogens is 600 g/mol. The summed E-state index contributed by atoms with van der Waals surface area (Å²) in [6, 6.07) is -2.67. The molecule has 16 atom stereocenters. The topological polar surface area (TPSA) is 310 Å². The van der Waals surface area contributed by atoms with Crippen molar-refractivity contribution in [3.05, 3.63) is 0 Å². The second-order valence-corrected chi connectivity index (χ2v) is 12.8. The molecular formula is C27H50N6O12. The van der Waals surface area contributed by atoms with E-state index >= 15 is 0 Å². The molecule has 4 rings (SSSR count). The van der Waals surface area contributed by atoms with Gasteiger partial charge in [-0.1, -0.05) is 6.92 Å². The van der Waals surface area contributed by atoms with Crippen molar-refractivity contribution in [2.75, 3.05) is 26.7 Å². The van der Waals surface area contributed by atoms with Crippen LogP contribution in [0, 0.1) is 5.92 Å². The third-order valence-corrected chi connectivity index (χ3v) is 9.25. The number of nitrogens with two attached hydrogens (primary N) is 3. The van der Waals surface area contributed by atoms with Crippen molar-refractivity contribution < 1.29 is 59.5 Å². The number of likely N-dealkylation sites (N-methyl/N-ethyl adjacent to an activating group) is 2. The molecule has 4 fully saturated rings. The smallest absolute Gasteiger partial charge is 0.187 e. The van der Waals surface area contributed by atoms with Gasteiger partial charge < -0.3 is 82.5 Å². The normalized spacial score (nSPS) is 48.5. The number of hydrogen-bond acceptors (Lipinski definition) is 16. The number of Topliss-reactive ketones (excluding diaryl/α,β-unsaturated/α-hetero) is 1. The van der Waals surface area contributed by atoms with E-state index in [2.05, 4.69) is 15.6 Å². The number of aliphatic imine (C=N–C) groups is 1. The molecule has 15 N–H and O–H groups in total. The van der Waals surface area contributed by atoms with Crippen LogP contribution in [0.25, 0.3) is 0 Å². The van der Waals surface area contributed by atoms with Gasteiger partial charge in [-0.25, -0.2) is 4.99 Å². The van der Waals surface area contributed by atoms with E-state index in [4.69, 9.17) is 36.1 Å². The molecule has 3 unspecified atom stereocenters. The highest BCUT2D eigenvalue weighted by atomic mass is 16.7. The van der Waals surface area contributed by atoms with Crippen LogP contribution in [0.15, 0.2) is 4.99 Å². The molecule has 18 heteroatoms. The maximum atomic E-state index is 13.3. The van der Waals surface area contributed by atoms with Crippen molar-refractivity contribution >= 4 is 11.7 Å². The minimum Gasteiger partial charge on any atom is -0.388 e. The first-order valence-corrected chi connectivity index (χ1v) is 15.2. The number of ether oxygens (including phenoxy) is 4. The van der Waals surface area contributed by atoms with E-state index in [1.54, 1.807) is 0 Å². The van der Waals surface area contributed by atoms with Crippen molar-refractivity contribution in [1.29, 1.82) is 0 Å². The average Bonchev–Trinajstić information content (AvgIpc) is 3.62. The van der Waals surface area contributed by atoms with Crippen molar-refractivity contribution in [2.24, 2.45) is 28.1 Å². The zero-order valence-electron chi connectivity index (χ0n) is 25.7. The third kappa shape index (κ3) is 7.60. The number of nitrogens with zero attached hydrogens (tertiary/aromatic N) is 1. The fraction of sp³-hybridized carbons (Fsp3) is 0.926. The molecule has 0 spiro atoms. The summed E-state index contributed by atoms with van der Waals surface area (Å²) in [5, 5.41) is 81.5. The number of carbonyl (C=O) groups is 1. The molecule has 4 aliphatic rings. The molecule has 0 aromatic heterocycles. The highest BCUT2D eigenvalue weighted by Gasteiger charge is 2.60. The van der Waals surface area contributed by atoms with Gasteiger partial charge in [0.05, 0.1) is 24.8 Å². The van der Waals surface area contributed by atoms with Crippen LogP contribution < -0.4 is 27.8 Å². The summed E-state index contributed by atoms with van der Waals surface area (Å²) >= 11 is 0. The summed E-state index contributed by atoms with van der Waals surface area (Å²) in [6.07, 6.45) is -14.5.